The molecule has 3 aromatic rings. The van der Waals surface area contributed by atoms with Gasteiger partial charge in [-0.1, -0.05) is 35.9 Å². The van der Waals surface area contributed by atoms with Crippen LogP contribution in [-0.2, 0) is 12.8 Å². The van der Waals surface area contributed by atoms with Crippen LogP contribution < -0.4 is 10.6 Å². The van der Waals surface area contributed by atoms with E-state index in [1.807, 2.05) is 44.2 Å². The molecule has 0 bridgehead atoms. The van der Waals surface area contributed by atoms with Crippen molar-refractivity contribution in [3.05, 3.63) is 81.2 Å². The molecular weight excluding hydrogens is 380 g/mol. The number of benzene rings is 2. The Labute approximate surface area is 175 Å². The van der Waals surface area contributed by atoms with Gasteiger partial charge in [-0.05, 0) is 68.9 Å². The summed E-state index contributed by atoms with van der Waals surface area (Å²) in [5, 5.41) is 6.70. The fraction of sp³-hybridized carbons (Fsp3) is 0.250. The Bertz CT molecular complexity index is 1070. The average Bonchev–Trinajstić information content (AvgIpc) is 3.08. The van der Waals surface area contributed by atoms with E-state index in [0.717, 1.165) is 48.1 Å². The third kappa shape index (κ3) is 4.10. The van der Waals surface area contributed by atoms with Crippen LogP contribution in [0.2, 0.25) is 0 Å². The predicted molar refractivity (Wildman–Crippen MR) is 119 cm³/mol. The van der Waals surface area contributed by atoms with Crippen LogP contribution >= 0.6 is 11.3 Å². The lowest BCUT2D eigenvalue weighted by Crippen LogP contribution is -2.19. The molecule has 0 saturated carbocycles. The molecule has 29 heavy (non-hydrogen) atoms. The average molecular weight is 405 g/mol. The molecule has 1 aliphatic carbocycles. The predicted octanol–water partition coefficient (Wildman–Crippen LogP) is 5.75. The lowest BCUT2D eigenvalue weighted by Gasteiger charge is -2.14. The number of anilines is 2. The summed E-state index contributed by atoms with van der Waals surface area (Å²) in [7, 11) is 0. The molecule has 1 aromatic heterocycles. The van der Waals surface area contributed by atoms with Crippen LogP contribution in [0.1, 0.15) is 55.1 Å². The molecule has 0 saturated heterocycles. The van der Waals surface area contributed by atoms with Crippen molar-refractivity contribution < 1.29 is 9.59 Å². The van der Waals surface area contributed by atoms with Gasteiger partial charge in [-0.3, -0.25) is 9.59 Å². The van der Waals surface area contributed by atoms with E-state index >= 15 is 0 Å². The Morgan fingerprint density at radius 2 is 1.66 bits per heavy atom. The van der Waals surface area contributed by atoms with Gasteiger partial charge >= 0.3 is 0 Å². The molecule has 0 unspecified atom stereocenters. The fourth-order valence-electron chi connectivity index (χ4n) is 3.80. The fourth-order valence-corrected chi connectivity index (χ4v) is 5.08. The topological polar surface area (TPSA) is 58.2 Å². The number of hydrogen-bond donors (Lipinski definition) is 2. The Morgan fingerprint density at radius 1 is 0.897 bits per heavy atom. The lowest BCUT2D eigenvalue weighted by atomic mass is 9.95. The maximum absolute atomic E-state index is 13.3. The molecule has 0 radical (unpaired) electrons. The zero-order valence-electron chi connectivity index (χ0n) is 16.7. The summed E-state index contributed by atoms with van der Waals surface area (Å²) in [5.74, 6) is -0.343. The van der Waals surface area contributed by atoms with Gasteiger partial charge in [0, 0.05) is 16.1 Å². The second-order valence-corrected chi connectivity index (χ2v) is 8.61. The highest BCUT2D eigenvalue weighted by molar-refractivity contribution is 7.17. The first-order valence-electron chi connectivity index (χ1n) is 9.92. The Balaban J connectivity index is 1.66. The molecule has 1 aliphatic rings. The van der Waals surface area contributed by atoms with E-state index in [9.17, 15) is 9.59 Å². The summed E-state index contributed by atoms with van der Waals surface area (Å²) in [4.78, 5) is 27.2. The zero-order valence-corrected chi connectivity index (χ0v) is 17.5. The van der Waals surface area contributed by atoms with Gasteiger partial charge in [0.15, 0.2) is 0 Å². The molecule has 2 N–H and O–H groups in total. The van der Waals surface area contributed by atoms with Crippen molar-refractivity contribution in [3.63, 3.8) is 0 Å². The van der Waals surface area contributed by atoms with E-state index in [1.165, 1.54) is 16.2 Å². The number of rotatable bonds is 4. The molecular formula is C24H24N2O2S. The van der Waals surface area contributed by atoms with Crippen molar-refractivity contribution in [2.75, 3.05) is 10.6 Å². The van der Waals surface area contributed by atoms with Gasteiger partial charge in [0.2, 0.25) is 0 Å². The molecule has 0 aliphatic heterocycles. The largest absolute Gasteiger partial charge is 0.322 e. The van der Waals surface area contributed by atoms with Crippen LogP contribution in [0.5, 0.6) is 0 Å². The highest BCUT2D eigenvalue weighted by atomic mass is 32.1. The first-order valence-corrected chi connectivity index (χ1v) is 10.7. The standard InChI is InChI=1S/C24H24N2O2S/c1-15-12-13-19(16(2)14-15)25-23(28)21-18-10-6-7-11-20(18)29-24(21)26-22(27)17-8-4-3-5-9-17/h3-5,8-9,12-14H,6-7,10-11H2,1-2H3,(H,25,28)(H,26,27). The van der Waals surface area contributed by atoms with E-state index in [1.54, 1.807) is 12.1 Å². The van der Waals surface area contributed by atoms with Crippen LogP contribution in [-0.4, -0.2) is 11.8 Å². The number of hydrogen-bond acceptors (Lipinski definition) is 3. The normalized spacial score (nSPS) is 12.9. The minimum absolute atomic E-state index is 0.153. The Hall–Kier alpha value is -2.92. The van der Waals surface area contributed by atoms with E-state index in [-0.39, 0.29) is 11.8 Å². The summed E-state index contributed by atoms with van der Waals surface area (Å²) in [6.45, 7) is 4.02. The van der Waals surface area contributed by atoms with Crippen molar-refractivity contribution in [1.29, 1.82) is 0 Å². The van der Waals surface area contributed by atoms with E-state index in [0.29, 0.717) is 16.1 Å². The molecule has 5 heteroatoms. The summed E-state index contributed by atoms with van der Waals surface area (Å²) in [6, 6.07) is 15.1. The van der Waals surface area contributed by atoms with Crippen LogP contribution in [0.25, 0.3) is 0 Å². The van der Waals surface area contributed by atoms with E-state index in [2.05, 4.69) is 16.7 Å². The van der Waals surface area contributed by atoms with Gasteiger partial charge in [0.1, 0.15) is 5.00 Å². The van der Waals surface area contributed by atoms with Gasteiger partial charge in [-0.15, -0.1) is 11.3 Å². The third-order valence-electron chi connectivity index (χ3n) is 5.29. The molecule has 4 nitrogen and oxygen atoms in total. The third-order valence-corrected chi connectivity index (χ3v) is 6.50. The van der Waals surface area contributed by atoms with Crippen LogP contribution in [0.3, 0.4) is 0 Å². The minimum atomic E-state index is -0.190. The SMILES string of the molecule is Cc1ccc(NC(=O)c2c(NC(=O)c3ccccc3)sc3c2CCCC3)c(C)c1. The molecule has 0 spiro atoms. The summed E-state index contributed by atoms with van der Waals surface area (Å²) < 4.78 is 0. The smallest absolute Gasteiger partial charge is 0.258 e. The molecule has 1 heterocycles. The van der Waals surface area contributed by atoms with Crippen molar-refractivity contribution in [2.45, 2.75) is 39.5 Å². The van der Waals surface area contributed by atoms with Gasteiger partial charge in [-0.25, -0.2) is 0 Å². The monoisotopic (exact) mass is 404 g/mol. The molecule has 2 aromatic carbocycles. The van der Waals surface area contributed by atoms with Crippen molar-refractivity contribution in [1.82, 2.24) is 0 Å². The van der Waals surface area contributed by atoms with Crippen LogP contribution in [0, 0.1) is 13.8 Å². The number of carbonyl (C=O) groups is 2. The first-order chi connectivity index (χ1) is 14.0. The summed E-state index contributed by atoms with van der Waals surface area (Å²) in [5.41, 5.74) is 5.28. The summed E-state index contributed by atoms with van der Waals surface area (Å²) >= 11 is 1.54. The number of amides is 2. The van der Waals surface area contributed by atoms with Crippen molar-refractivity contribution in [3.8, 4) is 0 Å². The maximum Gasteiger partial charge on any atom is 0.258 e. The lowest BCUT2D eigenvalue weighted by molar-refractivity contribution is 0.102. The van der Waals surface area contributed by atoms with E-state index < -0.39 is 0 Å². The number of thiophene rings is 1. The Kier molecular flexibility index (Phi) is 5.49. The molecule has 0 fully saturated rings. The zero-order chi connectivity index (χ0) is 20.4. The van der Waals surface area contributed by atoms with Crippen molar-refractivity contribution >= 4 is 33.8 Å². The number of carbonyl (C=O) groups excluding carboxylic acids is 2. The quantitative estimate of drug-likeness (QED) is 0.582. The maximum atomic E-state index is 13.3. The number of nitrogens with one attached hydrogen (secondary N) is 2. The first kappa shape index (κ1) is 19.4. The van der Waals surface area contributed by atoms with Crippen LogP contribution in [0.15, 0.2) is 48.5 Å². The molecule has 148 valence electrons. The van der Waals surface area contributed by atoms with Gasteiger partial charge in [-0.2, -0.15) is 0 Å². The molecule has 0 atom stereocenters. The van der Waals surface area contributed by atoms with Gasteiger partial charge < -0.3 is 10.6 Å². The van der Waals surface area contributed by atoms with E-state index in [4.69, 9.17) is 0 Å². The minimum Gasteiger partial charge on any atom is -0.322 e. The van der Waals surface area contributed by atoms with Crippen LogP contribution in [0.4, 0.5) is 10.7 Å². The number of fused-ring (bicyclic) bond motifs is 1. The Morgan fingerprint density at radius 3 is 2.41 bits per heavy atom. The highest BCUT2D eigenvalue weighted by Crippen LogP contribution is 2.39. The highest BCUT2D eigenvalue weighted by Gasteiger charge is 2.27. The van der Waals surface area contributed by atoms with Crippen molar-refractivity contribution in [2.24, 2.45) is 0 Å². The molecule has 2 amide bonds. The van der Waals surface area contributed by atoms with Gasteiger partial charge in [0.25, 0.3) is 11.8 Å². The second kappa shape index (κ2) is 8.21. The number of aryl methyl sites for hydroxylation is 3. The second-order valence-electron chi connectivity index (χ2n) is 7.51. The van der Waals surface area contributed by atoms with Gasteiger partial charge in [0.05, 0.1) is 5.56 Å². The summed E-state index contributed by atoms with van der Waals surface area (Å²) in [6.07, 6.45) is 4.03. The molecule has 4 rings (SSSR count).